The molecule has 1 N–H and O–H groups in total. The van der Waals surface area contributed by atoms with Crippen LogP contribution in [-0.2, 0) is 6.54 Å². The molecular weight excluding hydrogens is 302 g/mol. The number of aliphatic hydroxyl groups excluding tert-OH is 1. The maximum atomic E-state index is 13.8. The Hall–Kier alpha value is -2.60. The number of aromatic nitrogens is 2. The smallest absolute Gasteiger partial charge is 0.261 e. The normalized spacial score (nSPS) is 12.5. The molecule has 1 heterocycles. The highest BCUT2D eigenvalue weighted by atomic mass is 19.1. The molecule has 0 unspecified atom stereocenters. The van der Waals surface area contributed by atoms with E-state index in [0.717, 1.165) is 6.07 Å². The minimum absolute atomic E-state index is 0.0640. The fourth-order valence-electron chi connectivity index (χ4n) is 2.54. The molecule has 4 nitrogen and oxygen atoms in total. The maximum Gasteiger partial charge on any atom is 0.261 e. The van der Waals surface area contributed by atoms with E-state index >= 15 is 0 Å². The molecule has 3 aromatic rings. The molecule has 0 bridgehead atoms. The molecule has 1 atom stereocenters. The number of aryl methyl sites for hydroxylation is 1. The minimum Gasteiger partial charge on any atom is -0.386 e. The van der Waals surface area contributed by atoms with E-state index in [2.05, 4.69) is 4.98 Å². The quantitative estimate of drug-likeness (QED) is 0.808. The van der Waals surface area contributed by atoms with Gasteiger partial charge in [-0.15, -0.1) is 0 Å². The van der Waals surface area contributed by atoms with Crippen molar-refractivity contribution in [1.29, 1.82) is 0 Å². The molecule has 0 amide bonds. The Labute approximate surface area is 130 Å². The Morgan fingerprint density at radius 1 is 1.22 bits per heavy atom. The molecule has 0 spiro atoms. The third-order valence-corrected chi connectivity index (χ3v) is 3.73. The summed E-state index contributed by atoms with van der Waals surface area (Å²) in [5.41, 5.74) is 0.189. The molecule has 6 heteroatoms. The van der Waals surface area contributed by atoms with Crippen molar-refractivity contribution >= 4 is 10.9 Å². The van der Waals surface area contributed by atoms with Gasteiger partial charge < -0.3 is 5.11 Å². The largest absolute Gasteiger partial charge is 0.386 e. The number of halogens is 2. The van der Waals surface area contributed by atoms with Gasteiger partial charge in [-0.3, -0.25) is 9.36 Å². The molecule has 0 saturated carbocycles. The van der Waals surface area contributed by atoms with Crippen LogP contribution in [0.3, 0.4) is 0 Å². The third kappa shape index (κ3) is 2.85. The van der Waals surface area contributed by atoms with E-state index in [9.17, 15) is 18.7 Å². The van der Waals surface area contributed by atoms with Crippen LogP contribution in [-0.4, -0.2) is 14.7 Å². The van der Waals surface area contributed by atoms with E-state index in [0.29, 0.717) is 22.8 Å². The highest BCUT2D eigenvalue weighted by Crippen LogP contribution is 2.20. The van der Waals surface area contributed by atoms with Gasteiger partial charge in [0.2, 0.25) is 0 Å². The van der Waals surface area contributed by atoms with Gasteiger partial charge >= 0.3 is 0 Å². The highest BCUT2D eigenvalue weighted by Gasteiger charge is 2.17. The van der Waals surface area contributed by atoms with Crippen LogP contribution < -0.4 is 5.56 Å². The van der Waals surface area contributed by atoms with Crippen molar-refractivity contribution in [3.05, 3.63) is 75.8 Å². The summed E-state index contributed by atoms with van der Waals surface area (Å²) in [6.07, 6.45) is -1.28. The van der Waals surface area contributed by atoms with Crippen molar-refractivity contribution in [1.82, 2.24) is 9.55 Å². The van der Waals surface area contributed by atoms with E-state index < -0.39 is 17.7 Å². The molecule has 2 aromatic carbocycles. The number of para-hydroxylation sites is 1. The van der Waals surface area contributed by atoms with Crippen LogP contribution >= 0.6 is 0 Å². The first-order valence-electron chi connectivity index (χ1n) is 7.06. The van der Waals surface area contributed by atoms with Crippen molar-refractivity contribution in [2.24, 2.45) is 0 Å². The zero-order valence-electron chi connectivity index (χ0n) is 12.3. The summed E-state index contributed by atoms with van der Waals surface area (Å²) < 4.78 is 28.0. The Morgan fingerprint density at radius 3 is 2.70 bits per heavy atom. The molecule has 0 aliphatic rings. The fraction of sp³-hybridized carbons (Fsp3) is 0.176. The lowest BCUT2D eigenvalue weighted by Gasteiger charge is -2.16. The molecule has 118 valence electrons. The van der Waals surface area contributed by atoms with Crippen LogP contribution in [0.25, 0.3) is 10.9 Å². The van der Waals surface area contributed by atoms with Crippen molar-refractivity contribution in [3.8, 4) is 0 Å². The Morgan fingerprint density at radius 2 is 1.96 bits per heavy atom. The molecule has 0 aliphatic carbocycles. The van der Waals surface area contributed by atoms with Crippen LogP contribution in [0.1, 0.15) is 17.5 Å². The fourth-order valence-corrected chi connectivity index (χ4v) is 2.54. The van der Waals surface area contributed by atoms with Crippen LogP contribution in [0.2, 0.25) is 0 Å². The number of benzene rings is 2. The molecule has 0 saturated heterocycles. The summed E-state index contributed by atoms with van der Waals surface area (Å²) >= 11 is 0. The van der Waals surface area contributed by atoms with E-state index in [1.165, 1.54) is 10.6 Å². The number of nitrogens with zero attached hydrogens (tertiary/aromatic N) is 2. The summed E-state index contributed by atoms with van der Waals surface area (Å²) in [5.74, 6) is -1.16. The van der Waals surface area contributed by atoms with Gasteiger partial charge in [-0.05, 0) is 25.1 Å². The first-order chi connectivity index (χ1) is 11.0. The van der Waals surface area contributed by atoms with E-state index in [-0.39, 0.29) is 17.7 Å². The van der Waals surface area contributed by atoms with Crippen molar-refractivity contribution in [2.45, 2.75) is 19.6 Å². The van der Waals surface area contributed by atoms with Crippen LogP contribution in [0.15, 0.2) is 47.3 Å². The second kappa shape index (κ2) is 5.89. The SMILES string of the molecule is Cc1nc2ccccc2c(=O)n1C[C@@H](O)c1ccc(F)cc1F. The van der Waals surface area contributed by atoms with Gasteiger partial charge in [0.15, 0.2) is 0 Å². The lowest BCUT2D eigenvalue weighted by Crippen LogP contribution is -2.27. The zero-order valence-corrected chi connectivity index (χ0v) is 12.3. The predicted molar refractivity (Wildman–Crippen MR) is 82.1 cm³/mol. The average molecular weight is 316 g/mol. The molecule has 3 rings (SSSR count). The summed E-state index contributed by atoms with van der Waals surface area (Å²) in [7, 11) is 0. The van der Waals surface area contributed by atoms with Gasteiger partial charge in [-0.25, -0.2) is 13.8 Å². The van der Waals surface area contributed by atoms with E-state index in [1.54, 1.807) is 31.2 Å². The van der Waals surface area contributed by atoms with Gasteiger partial charge in [0, 0.05) is 11.6 Å². The van der Waals surface area contributed by atoms with Crippen molar-refractivity contribution in [3.63, 3.8) is 0 Å². The predicted octanol–water partition coefficient (Wildman–Crippen LogP) is 2.72. The molecule has 0 aliphatic heterocycles. The maximum absolute atomic E-state index is 13.8. The van der Waals surface area contributed by atoms with Gasteiger partial charge in [0.1, 0.15) is 17.5 Å². The van der Waals surface area contributed by atoms with Crippen LogP contribution in [0.5, 0.6) is 0 Å². The molecular formula is C17H14F2N2O2. The molecule has 23 heavy (non-hydrogen) atoms. The lowest BCUT2D eigenvalue weighted by atomic mass is 10.1. The van der Waals surface area contributed by atoms with Gasteiger partial charge in [0.05, 0.1) is 23.6 Å². The first-order valence-corrected chi connectivity index (χ1v) is 7.06. The molecule has 0 fully saturated rings. The summed E-state index contributed by atoms with van der Waals surface area (Å²) in [6.45, 7) is 1.48. The average Bonchev–Trinajstić information content (AvgIpc) is 2.51. The summed E-state index contributed by atoms with van der Waals surface area (Å²) in [6, 6.07) is 9.81. The monoisotopic (exact) mass is 316 g/mol. The molecule has 0 radical (unpaired) electrons. The number of aliphatic hydroxyl groups is 1. The second-order valence-corrected chi connectivity index (χ2v) is 5.27. The lowest BCUT2D eigenvalue weighted by molar-refractivity contribution is 0.149. The summed E-state index contributed by atoms with van der Waals surface area (Å²) in [5, 5.41) is 10.6. The van der Waals surface area contributed by atoms with Gasteiger partial charge in [-0.2, -0.15) is 0 Å². The Bertz CT molecular complexity index is 938. The number of rotatable bonds is 3. The number of hydrogen-bond donors (Lipinski definition) is 1. The second-order valence-electron chi connectivity index (χ2n) is 5.27. The van der Waals surface area contributed by atoms with Crippen LogP contribution in [0, 0.1) is 18.6 Å². The summed E-state index contributed by atoms with van der Waals surface area (Å²) in [4.78, 5) is 16.8. The van der Waals surface area contributed by atoms with E-state index in [1.807, 2.05) is 0 Å². The van der Waals surface area contributed by atoms with Gasteiger partial charge in [-0.1, -0.05) is 18.2 Å². The highest BCUT2D eigenvalue weighted by molar-refractivity contribution is 5.77. The number of fused-ring (bicyclic) bond motifs is 1. The zero-order chi connectivity index (χ0) is 16.6. The Kier molecular flexibility index (Phi) is 3.92. The minimum atomic E-state index is -1.28. The van der Waals surface area contributed by atoms with Gasteiger partial charge in [0.25, 0.3) is 5.56 Å². The Balaban J connectivity index is 2.02. The standard InChI is InChI=1S/C17H14F2N2O2/c1-10-20-15-5-3-2-4-13(15)17(23)21(10)9-16(22)12-7-6-11(18)8-14(12)19/h2-8,16,22H,9H2,1H3/t16-/m1/s1. The number of hydrogen-bond acceptors (Lipinski definition) is 3. The topological polar surface area (TPSA) is 55.1 Å². The third-order valence-electron chi connectivity index (χ3n) is 3.73. The van der Waals surface area contributed by atoms with Crippen molar-refractivity contribution in [2.75, 3.05) is 0 Å². The van der Waals surface area contributed by atoms with Crippen molar-refractivity contribution < 1.29 is 13.9 Å². The molecule has 1 aromatic heterocycles. The first kappa shape index (κ1) is 15.3. The van der Waals surface area contributed by atoms with Crippen LogP contribution in [0.4, 0.5) is 8.78 Å². The van der Waals surface area contributed by atoms with E-state index in [4.69, 9.17) is 0 Å².